The first-order valence-electron chi connectivity index (χ1n) is 10.2. The number of aliphatic hydroxyl groups excluding tert-OH is 1. The van der Waals surface area contributed by atoms with E-state index in [-0.39, 0.29) is 27.0 Å². The third kappa shape index (κ3) is 4.22. The third-order valence-corrected chi connectivity index (χ3v) is 6.19. The highest BCUT2D eigenvalue weighted by molar-refractivity contribution is 6.32. The lowest BCUT2D eigenvalue weighted by molar-refractivity contribution is 0.122. The van der Waals surface area contributed by atoms with Crippen molar-refractivity contribution in [3.05, 3.63) is 76.3 Å². The maximum atomic E-state index is 15.1. The van der Waals surface area contributed by atoms with Gasteiger partial charge in [-0.3, -0.25) is 4.98 Å². The summed E-state index contributed by atoms with van der Waals surface area (Å²) in [6.07, 6.45) is 2.92. The fourth-order valence-electron chi connectivity index (χ4n) is 3.90. The molecule has 1 unspecified atom stereocenters. The second kappa shape index (κ2) is 9.15. The Labute approximate surface area is 198 Å². The number of fused-ring (bicyclic) bond motifs is 1. The predicted octanol–water partition coefficient (Wildman–Crippen LogP) is 4.45. The number of aliphatic hydroxyl groups is 1. The van der Waals surface area contributed by atoms with Gasteiger partial charge in [0.15, 0.2) is 5.15 Å². The lowest BCUT2D eigenvalue weighted by Crippen LogP contribution is -2.36. The summed E-state index contributed by atoms with van der Waals surface area (Å²) in [6.45, 7) is 2.93. The Balaban J connectivity index is 1.59. The highest BCUT2D eigenvalue weighted by atomic mass is 35.5. The van der Waals surface area contributed by atoms with Crippen molar-refractivity contribution in [3.8, 4) is 11.3 Å². The van der Waals surface area contributed by atoms with Crippen LogP contribution in [0.25, 0.3) is 22.2 Å². The Morgan fingerprint density at radius 2 is 1.79 bits per heavy atom. The molecule has 7 nitrogen and oxygen atoms in total. The fraction of sp³-hybridized carbons (Fsp3) is 0.217. The molecule has 0 radical (unpaired) electrons. The van der Waals surface area contributed by atoms with Gasteiger partial charge in [0.2, 0.25) is 0 Å². The summed E-state index contributed by atoms with van der Waals surface area (Å²) in [7, 11) is 0. The molecule has 1 saturated heterocycles. The van der Waals surface area contributed by atoms with E-state index in [1.54, 1.807) is 0 Å². The minimum atomic E-state index is -1.29. The number of anilines is 1. The molecule has 2 aromatic carbocycles. The molecule has 1 aliphatic heterocycles. The number of hydrogen-bond donors (Lipinski definition) is 1. The summed E-state index contributed by atoms with van der Waals surface area (Å²) in [6, 6.07) is 8.40. The van der Waals surface area contributed by atoms with Gasteiger partial charge in [0.05, 0.1) is 24.4 Å². The van der Waals surface area contributed by atoms with Crippen molar-refractivity contribution in [3.63, 3.8) is 0 Å². The average Bonchev–Trinajstić information content (AvgIpc) is 2.84. The number of benzene rings is 2. The number of ether oxygens (including phenoxy) is 1. The van der Waals surface area contributed by atoms with Crippen molar-refractivity contribution in [2.24, 2.45) is 0 Å². The van der Waals surface area contributed by atoms with E-state index >= 15 is 4.39 Å². The van der Waals surface area contributed by atoms with Crippen molar-refractivity contribution in [2.75, 3.05) is 31.2 Å². The van der Waals surface area contributed by atoms with Crippen LogP contribution in [0, 0.1) is 5.82 Å². The zero-order chi connectivity index (χ0) is 22.9. The SMILES string of the molecule is OC(c1cc(-c2ncnc3cc(N4CCOCC4)ccc23)c(F)cc1Cl)c1nccnc1Cl. The normalized spacial score (nSPS) is 15.1. The Morgan fingerprint density at radius 1 is 1.00 bits per heavy atom. The summed E-state index contributed by atoms with van der Waals surface area (Å²) in [4.78, 5) is 19.0. The standard InChI is InChI=1S/C23H18Cl2FN5O2/c24-17-11-18(26)16(10-15(17)22(32)21-23(25)28-4-3-27-21)20-14-2-1-13(9-19(14)29-12-30-20)31-5-7-33-8-6-31/h1-4,9-12,22,32H,5-8H2. The number of halogens is 3. The van der Waals surface area contributed by atoms with E-state index in [0.717, 1.165) is 24.8 Å². The largest absolute Gasteiger partial charge is 0.382 e. The van der Waals surface area contributed by atoms with Gasteiger partial charge in [0, 0.05) is 52.7 Å². The van der Waals surface area contributed by atoms with Crippen LogP contribution in [0.15, 0.2) is 49.1 Å². The molecule has 0 amide bonds. The average molecular weight is 486 g/mol. The van der Waals surface area contributed by atoms with Crippen LogP contribution in [0.5, 0.6) is 0 Å². The molecule has 1 aliphatic rings. The van der Waals surface area contributed by atoms with Gasteiger partial charge >= 0.3 is 0 Å². The molecule has 0 bridgehead atoms. The van der Waals surface area contributed by atoms with Gasteiger partial charge in [0.1, 0.15) is 23.9 Å². The minimum absolute atomic E-state index is 0.0371. The molecule has 1 fully saturated rings. The second-order valence-corrected chi connectivity index (χ2v) is 8.28. The maximum Gasteiger partial charge on any atom is 0.153 e. The van der Waals surface area contributed by atoms with Gasteiger partial charge in [-0.2, -0.15) is 0 Å². The van der Waals surface area contributed by atoms with Gasteiger partial charge < -0.3 is 14.7 Å². The maximum absolute atomic E-state index is 15.1. The quantitative estimate of drug-likeness (QED) is 0.456. The summed E-state index contributed by atoms with van der Waals surface area (Å²) in [5.74, 6) is -0.571. The van der Waals surface area contributed by atoms with E-state index in [4.69, 9.17) is 27.9 Å². The van der Waals surface area contributed by atoms with Crippen molar-refractivity contribution in [2.45, 2.75) is 6.10 Å². The lowest BCUT2D eigenvalue weighted by atomic mass is 9.99. The topological polar surface area (TPSA) is 84.3 Å². The van der Waals surface area contributed by atoms with Gasteiger partial charge in [-0.25, -0.2) is 19.3 Å². The molecule has 1 atom stereocenters. The van der Waals surface area contributed by atoms with Crippen LogP contribution in [0.1, 0.15) is 17.4 Å². The first-order valence-corrected chi connectivity index (χ1v) is 11.0. The van der Waals surface area contributed by atoms with Gasteiger partial charge in [-0.15, -0.1) is 0 Å². The second-order valence-electron chi connectivity index (χ2n) is 7.51. The Bertz CT molecular complexity index is 1330. The molecular formula is C23H18Cl2FN5O2. The van der Waals surface area contributed by atoms with E-state index < -0.39 is 11.9 Å². The molecule has 10 heteroatoms. The minimum Gasteiger partial charge on any atom is -0.382 e. The highest BCUT2D eigenvalue weighted by Crippen LogP contribution is 2.37. The molecule has 168 valence electrons. The molecule has 3 heterocycles. The molecule has 2 aromatic heterocycles. The molecule has 1 N–H and O–H groups in total. The highest BCUT2D eigenvalue weighted by Gasteiger charge is 2.23. The van der Waals surface area contributed by atoms with E-state index in [0.29, 0.717) is 29.8 Å². The van der Waals surface area contributed by atoms with Crippen molar-refractivity contribution < 1.29 is 14.2 Å². The molecular weight excluding hydrogens is 468 g/mol. The number of morpholine rings is 1. The summed E-state index contributed by atoms with van der Waals surface area (Å²) in [5.41, 5.74) is 2.63. The Kier molecular flexibility index (Phi) is 6.07. The van der Waals surface area contributed by atoms with Crippen LogP contribution < -0.4 is 4.90 Å². The molecule has 0 spiro atoms. The molecule has 33 heavy (non-hydrogen) atoms. The summed E-state index contributed by atoms with van der Waals surface area (Å²) < 4.78 is 20.5. The van der Waals surface area contributed by atoms with Crippen LogP contribution in [0.4, 0.5) is 10.1 Å². The Hall–Kier alpha value is -2.91. The number of hydrogen-bond acceptors (Lipinski definition) is 7. The van der Waals surface area contributed by atoms with E-state index in [1.165, 1.54) is 24.8 Å². The number of aromatic nitrogens is 4. The number of rotatable bonds is 4. The molecule has 0 saturated carbocycles. The smallest absolute Gasteiger partial charge is 0.153 e. The van der Waals surface area contributed by atoms with Crippen LogP contribution in [0.3, 0.4) is 0 Å². The fourth-order valence-corrected chi connectivity index (χ4v) is 4.36. The van der Waals surface area contributed by atoms with Crippen LogP contribution in [0.2, 0.25) is 10.2 Å². The first-order chi connectivity index (χ1) is 16.0. The third-order valence-electron chi connectivity index (χ3n) is 5.57. The van der Waals surface area contributed by atoms with Crippen LogP contribution in [-0.4, -0.2) is 51.3 Å². The Morgan fingerprint density at radius 3 is 2.58 bits per heavy atom. The summed E-state index contributed by atoms with van der Waals surface area (Å²) >= 11 is 12.4. The zero-order valence-corrected chi connectivity index (χ0v) is 18.8. The molecule has 0 aliphatic carbocycles. The van der Waals surface area contributed by atoms with Crippen LogP contribution in [-0.2, 0) is 4.74 Å². The lowest BCUT2D eigenvalue weighted by Gasteiger charge is -2.29. The zero-order valence-electron chi connectivity index (χ0n) is 17.3. The number of nitrogens with zero attached hydrogens (tertiary/aromatic N) is 5. The monoisotopic (exact) mass is 485 g/mol. The molecule has 4 aromatic rings. The van der Waals surface area contributed by atoms with Crippen molar-refractivity contribution in [1.29, 1.82) is 0 Å². The van der Waals surface area contributed by atoms with Crippen molar-refractivity contribution in [1.82, 2.24) is 19.9 Å². The van der Waals surface area contributed by atoms with E-state index in [1.807, 2.05) is 18.2 Å². The summed E-state index contributed by atoms with van der Waals surface area (Å²) in [5, 5.41) is 11.6. The van der Waals surface area contributed by atoms with Gasteiger partial charge in [0.25, 0.3) is 0 Å². The van der Waals surface area contributed by atoms with Crippen LogP contribution >= 0.6 is 23.2 Å². The molecule has 5 rings (SSSR count). The van der Waals surface area contributed by atoms with Crippen molar-refractivity contribution >= 4 is 39.8 Å². The van der Waals surface area contributed by atoms with Gasteiger partial charge in [-0.1, -0.05) is 23.2 Å². The first kappa shape index (κ1) is 21.9. The van der Waals surface area contributed by atoms with Gasteiger partial charge in [-0.05, 0) is 30.3 Å². The van der Waals surface area contributed by atoms with E-state index in [9.17, 15) is 5.11 Å². The predicted molar refractivity (Wildman–Crippen MR) is 124 cm³/mol. The van der Waals surface area contributed by atoms with E-state index in [2.05, 4.69) is 24.8 Å².